The Morgan fingerprint density at radius 2 is 1.85 bits per heavy atom. The largest absolute Gasteiger partial charge is 0.445 e. The van der Waals surface area contributed by atoms with Crippen molar-refractivity contribution in [3.05, 3.63) is 89.2 Å². The van der Waals surface area contributed by atoms with Crippen LogP contribution in [0.2, 0.25) is 0 Å². The molecule has 0 spiro atoms. The number of oxazole rings is 1. The number of amides is 1. The standard InChI is InChI=1S/C29H30N6O5S/c1-6-35-25(15-18(2)31-35)29(36)34(5)17-22-16-21(28-30-13-14-39-28)11-12-23(22)24-9-7-8-10-26(24)41(37,38)33-27-19(3)20(4)32-40-27/h7-16,33H,6,17H2,1-5H3. The Bertz CT molecular complexity index is 1820. The molecule has 1 N–H and O–H groups in total. The molecule has 0 saturated carbocycles. The van der Waals surface area contributed by atoms with Crippen LogP contribution in [0, 0.1) is 20.8 Å². The number of benzene rings is 2. The molecule has 0 radical (unpaired) electrons. The fraction of sp³-hybridized carbons (Fsp3) is 0.241. The zero-order chi connectivity index (χ0) is 29.3. The molecule has 0 aliphatic rings. The van der Waals surface area contributed by atoms with Crippen molar-refractivity contribution in [2.45, 2.75) is 45.7 Å². The first-order valence-corrected chi connectivity index (χ1v) is 14.4. The van der Waals surface area contributed by atoms with Crippen molar-refractivity contribution < 1.29 is 22.2 Å². The molecule has 1 amide bonds. The van der Waals surface area contributed by atoms with Crippen LogP contribution in [0.4, 0.5) is 5.88 Å². The van der Waals surface area contributed by atoms with Crippen molar-refractivity contribution in [2.24, 2.45) is 0 Å². The molecule has 0 unspecified atom stereocenters. The van der Waals surface area contributed by atoms with Crippen LogP contribution >= 0.6 is 0 Å². The van der Waals surface area contributed by atoms with Gasteiger partial charge in [0.05, 0.1) is 22.5 Å². The molecule has 0 fully saturated rings. The molecule has 0 aliphatic carbocycles. The third kappa shape index (κ3) is 5.50. The van der Waals surface area contributed by atoms with Gasteiger partial charge in [0.2, 0.25) is 11.8 Å². The summed E-state index contributed by atoms with van der Waals surface area (Å²) in [5.74, 6) is 0.258. The van der Waals surface area contributed by atoms with Crippen molar-refractivity contribution in [1.82, 2.24) is 24.8 Å². The Hall–Kier alpha value is -4.71. The first kappa shape index (κ1) is 27.8. The predicted molar refractivity (Wildman–Crippen MR) is 153 cm³/mol. The first-order chi connectivity index (χ1) is 19.6. The van der Waals surface area contributed by atoms with Gasteiger partial charge in [-0.15, -0.1) is 0 Å². The lowest BCUT2D eigenvalue weighted by atomic mass is 9.96. The van der Waals surface area contributed by atoms with E-state index in [1.807, 2.05) is 32.0 Å². The molecule has 41 heavy (non-hydrogen) atoms. The van der Waals surface area contributed by atoms with Gasteiger partial charge < -0.3 is 13.8 Å². The Kier molecular flexibility index (Phi) is 7.50. The van der Waals surface area contributed by atoms with Crippen molar-refractivity contribution in [1.29, 1.82) is 0 Å². The highest BCUT2D eigenvalue weighted by molar-refractivity contribution is 7.92. The molecule has 5 rings (SSSR count). The molecule has 212 valence electrons. The highest BCUT2D eigenvalue weighted by Crippen LogP contribution is 2.35. The van der Waals surface area contributed by atoms with Gasteiger partial charge in [-0.05, 0) is 63.1 Å². The lowest BCUT2D eigenvalue weighted by Crippen LogP contribution is -2.28. The van der Waals surface area contributed by atoms with Gasteiger partial charge in [-0.2, -0.15) is 5.10 Å². The maximum Gasteiger partial charge on any atom is 0.272 e. The molecular weight excluding hydrogens is 544 g/mol. The van der Waals surface area contributed by atoms with Crippen molar-refractivity contribution in [3.63, 3.8) is 0 Å². The number of hydrogen-bond acceptors (Lipinski definition) is 8. The Labute approximate surface area is 237 Å². The zero-order valence-corrected chi connectivity index (χ0v) is 24.2. The Morgan fingerprint density at radius 1 is 1.07 bits per heavy atom. The molecule has 12 heteroatoms. The minimum Gasteiger partial charge on any atom is -0.445 e. The molecular formula is C29H30N6O5S. The molecule has 0 bridgehead atoms. The zero-order valence-electron chi connectivity index (χ0n) is 23.4. The Balaban J connectivity index is 1.58. The van der Waals surface area contributed by atoms with E-state index in [2.05, 4.69) is 20.0 Å². The normalized spacial score (nSPS) is 11.5. The predicted octanol–water partition coefficient (Wildman–Crippen LogP) is 5.21. The van der Waals surface area contributed by atoms with Crippen molar-refractivity contribution in [2.75, 3.05) is 11.8 Å². The van der Waals surface area contributed by atoms with Gasteiger partial charge in [0.15, 0.2) is 0 Å². The van der Waals surface area contributed by atoms with Crippen LogP contribution in [0.1, 0.15) is 39.9 Å². The lowest BCUT2D eigenvalue weighted by Gasteiger charge is -2.21. The van der Waals surface area contributed by atoms with Gasteiger partial charge in [-0.25, -0.2) is 18.1 Å². The second-order valence-electron chi connectivity index (χ2n) is 9.68. The summed E-state index contributed by atoms with van der Waals surface area (Å²) in [6, 6.07) is 13.9. The number of sulfonamides is 1. The summed E-state index contributed by atoms with van der Waals surface area (Å²) in [4.78, 5) is 19.4. The quantitative estimate of drug-likeness (QED) is 0.253. The van der Waals surface area contributed by atoms with Crippen molar-refractivity contribution in [3.8, 4) is 22.6 Å². The number of hydrogen-bond donors (Lipinski definition) is 1. The number of anilines is 1. The van der Waals surface area contributed by atoms with E-state index < -0.39 is 10.0 Å². The van der Waals surface area contributed by atoms with Gasteiger partial charge in [-0.1, -0.05) is 29.4 Å². The summed E-state index contributed by atoms with van der Waals surface area (Å²) in [6.07, 6.45) is 3.03. The highest BCUT2D eigenvalue weighted by Gasteiger charge is 2.25. The number of rotatable bonds is 9. The molecule has 0 atom stereocenters. The molecule has 3 aromatic heterocycles. The van der Waals surface area contributed by atoms with E-state index in [0.717, 1.165) is 5.69 Å². The maximum atomic E-state index is 13.6. The van der Waals surface area contributed by atoms with Crippen molar-refractivity contribution >= 4 is 21.8 Å². The monoisotopic (exact) mass is 574 g/mol. The average molecular weight is 575 g/mol. The topological polar surface area (TPSA) is 136 Å². The van der Waals surface area contributed by atoms with E-state index in [-0.39, 0.29) is 23.2 Å². The first-order valence-electron chi connectivity index (χ1n) is 13.0. The van der Waals surface area contributed by atoms with Gasteiger partial charge in [0.1, 0.15) is 12.0 Å². The molecule has 11 nitrogen and oxygen atoms in total. The van der Waals surface area contributed by atoms with Crippen LogP contribution in [0.5, 0.6) is 0 Å². The van der Waals surface area contributed by atoms with Crippen LogP contribution in [0.3, 0.4) is 0 Å². The molecule has 0 saturated heterocycles. The van der Waals surface area contributed by atoms with E-state index in [1.165, 1.54) is 12.3 Å². The number of carbonyl (C=O) groups excluding carboxylic acids is 1. The number of carbonyl (C=O) groups is 1. The van der Waals surface area contributed by atoms with E-state index >= 15 is 0 Å². The number of aromatic nitrogens is 4. The minimum atomic E-state index is -4.07. The number of nitrogens with one attached hydrogen (secondary N) is 1. The molecule has 3 heterocycles. The highest BCUT2D eigenvalue weighted by atomic mass is 32.2. The smallest absolute Gasteiger partial charge is 0.272 e. The summed E-state index contributed by atoms with van der Waals surface area (Å²) in [5.41, 5.74) is 4.89. The summed E-state index contributed by atoms with van der Waals surface area (Å²) < 4.78 is 42.1. The van der Waals surface area contributed by atoms with E-state index in [0.29, 0.717) is 51.6 Å². The molecule has 2 aromatic carbocycles. The van der Waals surface area contributed by atoms with Gasteiger partial charge in [-0.3, -0.25) is 9.48 Å². The third-order valence-corrected chi connectivity index (χ3v) is 8.20. The SMILES string of the molecule is CCn1nc(C)cc1C(=O)N(C)Cc1cc(-c2ncco2)ccc1-c1ccccc1S(=O)(=O)Nc1onc(C)c1C. The summed E-state index contributed by atoms with van der Waals surface area (Å²) in [5, 5.41) is 8.25. The number of nitrogens with zero attached hydrogens (tertiary/aromatic N) is 5. The van der Waals surface area contributed by atoms with Crippen LogP contribution in [-0.4, -0.2) is 46.2 Å². The van der Waals surface area contributed by atoms with Crippen LogP contribution in [-0.2, 0) is 23.1 Å². The van der Waals surface area contributed by atoms with E-state index in [1.54, 1.807) is 60.9 Å². The fourth-order valence-electron chi connectivity index (χ4n) is 4.58. The summed E-state index contributed by atoms with van der Waals surface area (Å²) >= 11 is 0. The minimum absolute atomic E-state index is 0.0484. The summed E-state index contributed by atoms with van der Waals surface area (Å²) in [6.45, 7) is 7.96. The molecule has 0 aliphatic heterocycles. The second kappa shape index (κ2) is 11.0. The molecule has 5 aromatic rings. The van der Waals surface area contributed by atoms with Crippen LogP contribution in [0.15, 0.2) is 74.8 Å². The van der Waals surface area contributed by atoms with Gasteiger partial charge >= 0.3 is 0 Å². The second-order valence-corrected chi connectivity index (χ2v) is 11.3. The third-order valence-electron chi connectivity index (χ3n) is 6.81. The maximum absolute atomic E-state index is 13.6. The summed E-state index contributed by atoms with van der Waals surface area (Å²) in [7, 11) is -2.37. The average Bonchev–Trinajstić information content (AvgIpc) is 3.70. The Morgan fingerprint density at radius 3 is 2.54 bits per heavy atom. The van der Waals surface area contributed by atoms with Crippen LogP contribution in [0.25, 0.3) is 22.6 Å². The fourth-order valence-corrected chi connectivity index (χ4v) is 5.85. The number of aryl methyl sites for hydroxylation is 3. The van der Waals surface area contributed by atoms with E-state index in [9.17, 15) is 13.2 Å². The lowest BCUT2D eigenvalue weighted by molar-refractivity contribution is 0.0773. The van der Waals surface area contributed by atoms with E-state index in [4.69, 9.17) is 8.94 Å². The van der Waals surface area contributed by atoms with Gasteiger partial charge in [0, 0.05) is 36.8 Å². The van der Waals surface area contributed by atoms with Crippen LogP contribution < -0.4 is 4.72 Å². The van der Waals surface area contributed by atoms with Gasteiger partial charge in [0.25, 0.3) is 15.9 Å².